The molecule has 0 aromatic heterocycles. The number of ether oxygens (including phenoxy) is 3. The zero-order chi connectivity index (χ0) is 21.7. The molecule has 0 heterocycles. The fourth-order valence-electron chi connectivity index (χ4n) is 1.74. The van der Waals surface area contributed by atoms with Crippen LogP contribution >= 0.6 is 0 Å². The Balaban J connectivity index is 5.58. The number of allylic oxidation sites excluding steroid dienone is 2. The molecule has 0 saturated heterocycles. The summed E-state index contributed by atoms with van der Waals surface area (Å²) < 4.78 is 14.8. The van der Waals surface area contributed by atoms with E-state index in [1.54, 1.807) is 6.08 Å². The van der Waals surface area contributed by atoms with E-state index in [-0.39, 0.29) is 17.6 Å². The van der Waals surface area contributed by atoms with Gasteiger partial charge < -0.3 is 19.3 Å². The van der Waals surface area contributed by atoms with Crippen LogP contribution in [0.5, 0.6) is 0 Å². The maximum atomic E-state index is 11.5. The highest BCUT2D eigenvalue weighted by Gasteiger charge is 2.22. The van der Waals surface area contributed by atoms with Crippen LogP contribution in [-0.2, 0) is 28.6 Å². The largest absolute Gasteiger partial charge is 0.457 e. The molecule has 0 aromatic rings. The number of rotatable bonds is 8. The molecule has 1 N–H and O–H groups in total. The van der Waals surface area contributed by atoms with Crippen LogP contribution in [0.3, 0.4) is 0 Å². The highest BCUT2D eigenvalue weighted by atomic mass is 16.5. The molecule has 0 aliphatic carbocycles. The van der Waals surface area contributed by atoms with E-state index in [9.17, 15) is 19.5 Å². The van der Waals surface area contributed by atoms with Gasteiger partial charge in [-0.2, -0.15) is 0 Å². The standard InChI is InChI=1S/C21H26O7/c1-14(2)8-7-9-15(3)20(25)12-21(28-18(6)24)19(13-27-17(5)23)10-11-26-16(4)22/h8,10-11,13,20-21,25H,3,12H2,1-2,4-6H3/b11-10+,19-13-/t20-,21-/m0/s1. The smallest absolute Gasteiger partial charge is 0.307 e. The first-order valence-electron chi connectivity index (χ1n) is 8.43. The van der Waals surface area contributed by atoms with Crippen molar-refractivity contribution in [3.8, 4) is 11.8 Å². The van der Waals surface area contributed by atoms with Crippen LogP contribution in [0.15, 0.2) is 48.0 Å². The lowest BCUT2D eigenvalue weighted by Crippen LogP contribution is -2.25. The SMILES string of the molecule is C=C(C#CC=C(C)C)[C@@H](O)C[C@H](OC(C)=O)C(=C\OC(C)=O)/C=C/OC(C)=O. The first kappa shape index (κ1) is 24.9. The number of aliphatic hydroxyl groups is 1. The zero-order valence-corrected chi connectivity index (χ0v) is 16.8. The van der Waals surface area contributed by atoms with Gasteiger partial charge in [-0.05, 0) is 26.0 Å². The van der Waals surface area contributed by atoms with Crippen molar-refractivity contribution in [3.63, 3.8) is 0 Å². The minimum atomic E-state index is -1.12. The van der Waals surface area contributed by atoms with Gasteiger partial charge in [-0.3, -0.25) is 14.4 Å². The Kier molecular flexibility index (Phi) is 11.7. The third-order valence-electron chi connectivity index (χ3n) is 2.97. The highest BCUT2D eigenvalue weighted by Crippen LogP contribution is 2.19. The molecule has 0 aliphatic rings. The maximum Gasteiger partial charge on any atom is 0.307 e. The van der Waals surface area contributed by atoms with Gasteiger partial charge >= 0.3 is 17.9 Å². The summed E-state index contributed by atoms with van der Waals surface area (Å²) in [5.41, 5.74) is 1.41. The van der Waals surface area contributed by atoms with Crippen LogP contribution < -0.4 is 0 Å². The number of carbonyl (C=O) groups excluding carboxylic acids is 3. The van der Waals surface area contributed by atoms with Crippen molar-refractivity contribution in [1.82, 2.24) is 0 Å². The van der Waals surface area contributed by atoms with Gasteiger partial charge in [0.05, 0.1) is 12.4 Å². The number of carbonyl (C=O) groups is 3. The van der Waals surface area contributed by atoms with Gasteiger partial charge in [-0.1, -0.05) is 24.0 Å². The molecule has 0 aromatic carbocycles. The summed E-state index contributed by atoms with van der Waals surface area (Å²) >= 11 is 0. The molecule has 0 amide bonds. The summed E-state index contributed by atoms with van der Waals surface area (Å²) in [5, 5.41) is 10.3. The molecular weight excluding hydrogens is 364 g/mol. The Morgan fingerprint density at radius 1 is 1.04 bits per heavy atom. The molecule has 152 valence electrons. The molecule has 2 atom stereocenters. The van der Waals surface area contributed by atoms with Gasteiger partial charge in [0.15, 0.2) is 0 Å². The molecule has 0 unspecified atom stereocenters. The summed E-state index contributed by atoms with van der Waals surface area (Å²) in [6, 6.07) is 0. The second kappa shape index (κ2) is 13.1. The van der Waals surface area contributed by atoms with Crippen molar-refractivity contribution in [2.24, 2.45) is 0 Å². The van der Waals surface area contributed by atoms with Crippen molar-refractivity contribution in [2.75, 3.05) is 0 Å². The Bertz CT molecular complexity index is 740. The number of esters is 3. The first-order valence-corrected chi connectivity index (χ1v) is 8.43. The van der Waals surface area contributed by atoms with Crippen molar-refractivity contribution in [3.05, 3.63) is 48.0 Å². The van der Waals surface area contributed by atoms with Gasteiger partial charge in [0.2, 0.25) is 0 Å². The Morgan fingerprint density at radius 3 is 2.14 bits per heavy atom. The van der Waals surface area contributed by atoms with E-state index in [1.165, 1.54) is 26.8 Å². The second-order valence-corrected chi connectivity index (χ2v) is 6.01. The van der Waals surface area contributed by atoms with Gasteiger partial charge in [-0.15, -0.1) is 0 Å². The molecule has 0 bridgehead atoms. The minimum absolute atomic E-state index is 0.0978. The zero-order valence-electron chi connectivity index (χ0n) is 16.8. The van der Waals surface area contributed by atoms with Gasteiger partial charge in [-0.25, -0.2) is 0 Å². The summed E-state index contributed by atoms with van der Waals surface area (Å²) in [5.74, 6) is 3.70. The van der Waals surface area contributed by atoms with E-state index in [2.05, 4.69) is 18.4 Å². The summed E-state index contributed by atoms with van der Waals surface area (Å²) in [4.78, 5) is 33.5. The molecule has 0 fully saturated rings. The predicted molar refractivity (Wildman–Crippen MR) is 103 cm³/mol. The van der Waals surface area contributed by atoms with Crippen LogP contribution in [0, 0.1) is 11.8 Å². The van der Waals surface area contributed by atoms with Crippen LogP contribution in [0.1, 0.15) is 41.0 Å². The Labute approximate surface area is 165 Å². The second-order valence-electron chi connectivity index (χ2n) is 6.01. The predicted octanol–water partition coefficient (Wildman–Crippen LogP) is 2.72. The number of aliphatic hydroxyl groups excluding tert-OH is 1. The maximum absolute atomic E-state index is 11.5. The quantitative estimate of drug-likeness (QED) is 0.224. The Hall–Kier alpha value is -3.11. The van der Waals surface area contributed by atoms with Crippen LogP contribution in [-0.4, -0.2) is 35.2 Å². The van der Waals surface area contributed by atoms with E-state index in [0.717, 1.165) is 18.1 Å². The molecule has 28 heavy (non-hydrogen) atoms. The van der Waals surface area contributed by atoms with E-state index < -0.39 is 30.1 Å². The molecule has 0 aliphatic heterocycles. The first-order chi connectivity index (χ1) is 13.0. The Morgan fingerprint density at radius 2 is 1.64 bits per heavy atom. The summed E-state index contributed by atoms with van der Waals surface area (Å²) in [6.45, 7) is 11.1. The molecule has 0 saturated carbocycles. The lowest BCUT2D eigenvalue weighted by Gasteiger charge is -2.21. The van der Waals surface area contributed by atoms with Gasteiger partial charge in [0, 0.05) is 38.3 Å². The van der Waals surface area contributed by atoms with Crippen LogP contribution in [0.25, 0.3) is 0 Å². The summed E-state index contributed by atoms with van der Waals surface area (Å²) in [6.07, 6.45) is 2.87. The summed E-state index contributed by atoms with van der Waals surface area (Å²) in [7, 11) is 0. The fraction of sp³-hybridized carbons (Fsp3) is 0.381. The van der Waals surface area contributed by atoms with Gasteiger partial charge in [0.25, 0.3) is 0 Å². The molecule has 0 rings (SSSR count). The minimum Gasteiger partial charge on any atom is -0.457 e. The van der Waals surface area contributed by atoms with E-state index in [0.29, 0.717) is 0 Å². The van der Waals surface area contributed by atoms with E-state index >= 15 is 0 Å². The van der Waals surface area contributed by atoms with Crippen molar-refractivity contribution in [1.29, 1.82) is 0 Å². The van der Waals surface area contributed by atoms with Crippen LogP contribution in [0.4, 0.5) is 0 Å². The number of hydrogen-bond donors (Lipinski definition) is 1. The van der Waals surface area contributed by atoms with Gasteiger partial charge in [0.1, 0.15) is 12.4 Å². The normalized spacial score (nSPS) is 12.9. The molecule has 7 nitrogen and oxygen atoms in total. The van der Waals surface area contributed by atoms with Crippen molar-refractivity contribution < 1.29 is 33.7 Å². The van der Waals surface area contributed by atoms with Crippen molar-refractivity contribution >= 4 is 17.9 Å². The average Bonchev–Trinajstić information content (AvgIpc) is 2.55. The highest BCUT2D eigenvalue weighted by molar-refractivity contribution is 5.68. The fourth-order valence-corrected chi connectivity index (χ4v) is 1.74. The molecule has 7 heteroatoms. The number of hydrogen-bond acceptors (Lipinski definition) is 7. The molecular formula is C21H26O7. The lowest BCUT2D eigenvalue weighted by atomic mass is 10.00. The third-order valence-corrected chi connectivity index (χ3v) is 2.97. The average molecular weight is 390 g/mol. The topological polar surface area (TPSA) is 99.1 Å². The monoisotopic (exact) mass is 390 g/mol. The van der Waals surface area contributed by atoms with Crippen molar-refractivity contribution in [2.45, 2.75) is 53.2 Å². The van der Waals surface area contributed by atoms with E-state index in [1.807, 2.05) is 13.8 Å². The van der Waals surface area contributed by atoms with E-state index in [4.69, 9.17) is 14.2 Å². The van der Waals surface area contributed by atoms with Crippen LogP contribution in [0.2, 0.25) is 0 Å². The molecule has 0 spiro atoms. The molecule has 0 radical (unpaired) electrons. The lowest BCUT2D eigenvalue weighted by molar-refractivity contribution is -0.145. The third kappa shape index (κ3) is 12.3.